The van der Waals surface area contributed by atoms with Gasteiger partial charge in [0, 0.05) is 35.7 Å². The van der Waals surface area contributed by atoms with Gasteiger partial charge in [-0.05, 0) is 24.3 Å². The SMILES string of the molecule is CC(C)(C(=O)Nc1nncs1)[C@H]1c2ccccc2Oc2nc(-c3ccc(C(=O)N4CCOCC4)c(Cl)c3)ccc21. The number of halogens is 1. The smallest absolute Gasteiger partial charge is 0.255 e. The summed E-state index contributed by atoms with van der Waals surface area (Å²) in [6, 6.07) is 16.8. The molecule has 0 saturated carbocycles. The molecule has 2 aliphatic rings. The molecule has 0 unspecified atom stereocenters. The molecule has 0 radical (unpaired) electrons. The zero-order valence-corrected chi connectivity index (χ0v) is 23.5. The van der Waals surface area contributed by atoms with Crippen LogP contribution in [0.1, 0.15) is 41.3 Å². The minimum Gasteiger partial charge on any atom is -0.438 e. The molecule has 2 aromatic heterocycles. The molecule has 1 N–H and O–H groups in total. The Labute approximate surface area is 240 Å². The van der Waals surface area contributed by atoms with E-state index in [2.05, 4.69) is 15.5 Å². The molecule has 11 heteroatoms. The second kappa shape index (κ2) is 10.6. The van der Waals surface area contributed by atoms with E-state index < -0.39 is 5.41 Å². The Hall–Kier alpha value is -3.86. The van der Waals surface area contributed by atoms with E-state index in [1.54, 1.807) is 22.5 Å². The largest absolute Gasteiger partial charge is 0.438 e. The average Bonchev–Trinajstić information content (AvgIpc) is 3.48. The predicted molar refractivity (Wildman–Crippen MR) is 152 cm³/mol. The number of pyridine rings is 1. The van der Waals surface area contributed by atoms with Crippen LogP contribution in [0.2, 0.25) is 5.02 Å². The molecule has 2 amide bonds. The summed E-state index contributed by atoms with van der Waals surface area (Å²) in [7, 11) is 0. The number of carbonyl (C=O) groups excluding carboxylic acids is 2. The fourth-order valence-electron chi connectivity index (χ4n) is 5.18. The van der Waals surface area contributed by atoms with Gasteiger partial charge < -0.3 is 19.7 Å². The fourth-order valence-corrected chi connectivity index (χ4v) is 5.88. The Balaban J connectivity index is 1.34. The normalized spacial score (nSPS) is 16.5. The van der Waals surface area contributed by atoms with Gasteiger partial charge in [-0.2, -0.15) is 0 Å². The number of para-hydroxylation sites is 1. The first-order valence-corrected chi connectivity index (χ1v) is 14.1. The number of aromatic nitrogens is 3. The lowest BCUT2D eigenvalue weighted by Crippen LogP contribution is -2.40. The summed E-state index contributed by atoms with van der Waals surface area (Å²) in [6.45, 7) is 5.92. The fraction of sp³-hybridized carbons (Fsp3) is 0.276. The summed E-state index contributed by atoms with van der Waals surface area (Å²) in [6.07, 6.45) is 0. The minimum atomic E-state index is -0.881. The van der Waals surface area contributed by atoms with E-state index in [1.807, 2.05) is 56.3 Å². The highest BCUT2D eigenvalue weighted by atomic mass is 35.5. The zero-order valence-electron chi connectivity index (χ0n) is 21.9. The highest BCUT2D eigenvalue weighted by molar-refractivity contribution is 7.13. The number of nitrogens with zero attached hydrogens (tertiary/aromatic N) is 4. The van der Waals surface area contributed by atoms with Gasteiger partial charge >= 0.3 is 0 Å². The Bertz CT molecular complexity index is 1590. The Morgan fingerprint density at radius 1 is 1.07 bits per heavy atom. The van der Waals surface area contributed by atoms with Crippen molar-refractivity contribution in [3.8, 4) is 22.9 Å². The third kappa shape index (κ3) is 4.83. The Morgan fingerprint density at radius 3 is 2.62 bits per heavy atom. The Morgan fingerprint density at radius 2 is 1.88 bits per heavy atom. The van der Waals surface area contributed by atoms with Gasteiger partial charge in [0.25, 0.3) is 5.91 Å². The molecule has 0 spiro atoms. The molecule has 2 aromatic carbocycles. The lowest BCUT2D eigenvalue weighted by Gasteiger charge is -2.37. The first-order valence-electron chi connectivity index (χ1n) is 12.8. The van der Waals surface area contributed by atoms with Crippen LogP contribution in [0.3, 0.4) is 0 Å². The van der Waals surface area contributed by atoms with E-state index in [0.717, 1.165) is 16.7 Å². The quantitative estimate of drug-likeness (QED) is 0.329. The number of rotatable bonds is 5. The van der Waals surface area contributed by atoms with E-state index in [-0.39, 0.29) is 17.7 Å². The third-order valence-corrected chi connectivity index (χ3v) is 8.24. The van der Waals surface area contributed by atoms with Crippen molar-refractivity contribution in [2.45, 2.75) is 19.8 Å². The molecule has 40 heavy (non-hydrogen) atoms. The van der Waals surface area contributed by atoms with Crippen molar-refractivity contribution < 1.29 is 19.1 Å². The molecule has 6 rings (SSSR count). The summed E-state index contributed by atoms with van der Waals surface area (Å²) in [5, 5.41) is 11.5. The van der Waals surface area contributed by atoms with E-state index in [1.165, 1.54) is 11.3 Å². The molecule has 4 aromatic rings. The van der Waals surface area contributed by atoms with Crippen molar-refractivity contribution in [3.05, 3.63) is 81.8 Å². The highest BCUT2D eigenvalue weighted by Crippen LogP contribution is 2.52. The predicted octanol–water partition coefficient (Wildman–Crippen LogP) is 5.63. The number of amides is 2. The van der Waals surface area contributed by atoms with Crippen LogP contribution in [0.15, 0.2) is 60.1 Å². The van der Waals surface area contributed by atoms with Gasteiger partial charge in [0.2, 0.25) is 16.9 Å². The standard InChI is InChI=1S/C29H26ClN5O4S/c1-29(2,27(37)33-28-34-31-16-40-28)24-19-5-3-4-6-23(19)39-25-20(24)9-10-22(32-25)17-7-8-18(21(30)15-17)26(36)35-11-13-38-14-12-35/h3-10,15-16,24H,11-14H2,1-2H3,(H,33,34,37)/t24-/m0/s1. The van der Waals surface area contributed by atoms with Crippen LogP contribution in [0.4, 0.5) is 5.13 Å². The van der Waals surface area contributed by atoms with Crippen molar-refractivity contribution in [3.63, 3.8) is 0 Å². The number of ether oxygens (including phenoxy) is 2. The van der Waals surface area contributed by atoms with Crippen molar-refractivity contribution in [1.29, 1.82) is 0 Å². The second-order valence-electron chi connectivity index (χ2n) is 10.2. The summed E-state index contributed by atoms with van der Waals surface area (Å²) < 4.78 is 11.6. The molecular weight excluding hydrogens is 550 g/mol. The van der Waals surface area contributed by atoms with Crippen LogP contribution in [-0.4, -0.2) is 58.2 Å². The lowest BCUT2D eigenvalue weighted by molar-refractivity contribution is -0.124. The van der Waals surface area contributed by atoms with Crippen LogP contribution in [0.5, 0.6) is 11.6 Å². The molecule has 9 nitrogen and oxygen atoms in total. The summed E-state index contributed by atoms with van der Waals surface area (Å²) in [5.41, 5.74) is 4.22. The molecular formula is C29H26ClN5O4S. The Kier molecular flexibility index (Phi) is 6.99. The molecule has 0 bridgehead atoms. The van der Waals surface area contributed by atoms with Gasteiger partial charge in [-0.15, -0.1) is 10.2 Å². The number of anilines is 1. The van der Waals surface area contributed by atoms with E-state index in [0.29, 0.717) is 59.3 Å². The van der Waals surface area contributed by atoms with E-state index >= 15 is 0 Å². The van der Waals surface area contributed by atoms with Gasteiger partial charge in [0.15, 0.2) is 0 Å². The zero-order chi connectivity index (χ0) is 27.9. The molecule has 0 aliphatic carbocycles. The number of hydrogen-bond donors (Lipinski definition) is 1. The summed E-state index contributed by atoms with van der Waals surface area (Å²) in [4.78, 5) is 33.1. The van der Waals surface area contributed by atoms with Crippen LogP contribution in [-0.2, 0) is 9.53 Å². The summed E-state index contributed by atoms with van der Waals surface area (Å²) >= 11 is 7.85. The number of nitrogens with one attached hydrogen (secondary N) is 1. The number of fused-ring (bicyclic) bond motifs is 2. The topological polar surface area (TPSA) is 107 Å². The van der Waals surface area contributed by atoms with Gasteiger partial charge in [0.1, 0.15) is 11.3 Å². The van der Waals surface area contributed by atoms with Gasteiger partial charge in [-0.3, -0.25) is 9.59 Å². The summed E-state index contributed by atoms with van der Waals surface area (Å²) in [5.74, 6) is 0.427. The molecule has 4 heterocycles. The molecule has 2 aliphatic heterocycles. The minimum absolute atomic E-state index is 0.116. The molecule has 1 fully saturated rings. The molecule has 1 atom stereocenters. The molecule has 1 saturated heterocycles. The van der Waals surface area contributed by atoms with Crippen molar-refractivity contribution >= 4 is 39.9 Å². The monoisotopic (exact) mass is 575 g/mol. The van der Waals surface area contributed by atoms with Gasteiger partial charge in [-0.25, -0.2) is 4.98 Å². The third-order valence-electron chi connectivity index (χ3n) is 7.32. The number of morpholine rings is 1. The number of carbonyl (C=O) groups is 2. The van der Waals surface area contributed by atoms with Crippen molar-refractivity contribution in [2.24, 2.45) is 5.41 Å². The average molecular weight is 576 g/mol. The first kappa shape index (κ1) is 26.4. The maximum absolute atomic E-state index is 13.5. The lowest BCUT2D eigenvalue weighted by atomic mass is 9.69. The molecule has 204 valence electrons. The van der Waals surface area contributed by atoms with Gasteiger partial charge in [0.05, 0.1) is 34.9 Å². The first-order chi connectivity index (χ1) is 19.3. The van der Waals surface area contributed by atoms with E-state index in [4.69, 9.17) is 26.1 Å². The van der Waals surface area contributed by atoms with E-state index in [9.17, 15) is 9.59 Å². The van der Waals surface area contributed by atoms with Crippen molar-refractivity contribution in [1.82, 2.24) is 20.1 Å². The maximum Gasteiger partial charge on any atom is 0.255 e. The number of benzene rings is 2. The van der Waals surface area contributed by atoms with Crippen LogP contribution >= 0.6 is 22.9 Å². The second-order valence-corrected chi connectivity index (χ2v) is 11.4. The van der Waals surface area contributed by atoms with Crippen LogP contribution in [0.25, 0.3) is 11.3 Å². The van der Waals surface area contributed by atoms with Crippen molar-refractivity contribution in [2.75, 3.05) is 31.6 Å². The van der Waals surface area contributed by atoms with Crippen LogP contribution in [0, 0.1) is 5.41 Å². The highest BCUT2D eigenvalue weighted by Gasteiger charge is 2.44. The van der Waals surface area contributed by atoms with Crippen LogP contribution < -0.4 is 10.1 Å². The van der Waals surface area contributed by atoms with Gasteiger partial charge in [-0.1, -0.05) is 67.1 Å². The maximum atomic E-state index is 13.5. The number of hydrogen-bond acceptors (Lipinski definition) is 8.